The SMILES string of the molecule is c1ccc(C2(c3ccccc3)c3ccccc3-c3ccc(-c4ccccc4CCCCCCN4c5cccc6c5B(c5cc7c8c(c54)CCCN8CCC7)c4cc5c7c(c4N6CCCCCCc4ccccc4-c4ccc6c(c4)C(c4ccccc4)(c4ccccc4)c4ccccc4-6)CCCN7CCC5)cc32)cc1. The molecule has 4 nitrogen and oxygen atoms in total. The molecule has 0 saturated carbocycles. The molecule has 0 unspecified atom stereocenters. The predicted molar refractivity (Wildman–Crippen MR) is 458 cm³/mol. The second-order valence-electron chi connectivity index (χ2n) is 32.7. The molecule has 6 aliphatic heterocycles. The van der Waals surface area contributed by atoms with E-state index in [2.05, 4.69) is 305 Å². The van der Waals surface area contributed by atoms with Gasteiger partial charge in [0, 0.05) is 73.4 Å². The fraction of sp³-hybridized carbons (Fsp3) is 0.250. The molecule has 13 aromatic rings. The van der Waals surface area contributed by atoms with Crippen LogP contribution in [0, 0.1) is 0 Å². The van der Waals surface area contributed by atoms with Crippen LogP contribution in [0.5, 0.6) is 0 Å². The quantitative estimate of drug-likeness (QED) is 0.0557. The summed E-state index contributed by atoms with van der Waals surface area (Å²) in [6.07, 6.45) is 21.2. The van der Waals surface area contributed by atoms with Crippen molar-refractivity contribution >= 4 is 57.2 Å². The molecule has 0 fully saturated rings. The number of rotatable bonds is 20. The summed E-state index contributed by atoms with van der Waals surface area (Å²) in [4.78, 5) is 11.4. The lowest BCUT2D eigenvalue weighted by Crippen LogP contribution is -2.63. The van der Waals surface area contributed by atoms with Crippen molar-refractivity contribution in [2.75, 3.05) is 58.9 Å². The fourth-order valence-electron chi connectivity index (χ4n) is 22.4. The number of nitrogens with zero attached hydrogens (tertiary/aromatic N) is 4. The minimum atomic E-state index is -0.424. The molecule has 534 valence electrons. The lowest BCUT2D eigenvalue weighted by Gasteiger charge is -2.49. The molecule has 13 aromatic carbocycles. The first kappa shape index (κ1) is 66.3. The van der Waals surface area contributed by atoms with Gasteiger partial charge in [-0.05, 0) is 253 Å². The Morgan fingerprint density at radius 2 is 0.642 bits per heavy atom. The third-order valence-electron chi connectivity index (χ3n) is 26.9. The van der Waals surface area contributed by atoms with E-state index in [1.54, 1.807) is 61.4 Å². The van der Waals surface area contributed by atoms with E-state index in [1.165, 1.54) is 228 Å². The van der Waals surface area contributed by atoms with Gasteiger partial charge in [0.1, 0.15) is 0 Å². The van der Waals surface area contributed by atoms with Gasteiger partial charge in [-0.15, -0.1) is 0 Å². The Morgan fingerprint density at radius 3 is 1.06 bits per heavy atom. The zero-order valence-corrected chi connectivity index (χ0v) is 63.0. The van der Waals surface area contributed by atoms with Crippen molar-refractivity contribution in [1.82, 2.24) is 0 Å². The van der Waals surface area contributed by atoms with Gasteiger partial charge in [-0.2, -0.15) is 0 Å². The molecule has 0 bridgehead atoms. The first-order valence-electron chi connectivity index (χ1n) is 41.6. The molecule has 0 aromatic heterocycles. The molecule has 6 heterocycles. The highest BCUT2D eigenvalue weighted by molar-refractivity contribution is 7.00. The highest BCUT2D eigenvalue weighted by Crippen LogP contribution is 2.59. The van der Waals surface area contributed by atoms with Crippen LogP contribution in [0.1, 0.15) is 155 Å². The van der Waals surface area contributed by atoms with E-state index < -0.39 is 10.8 Å². The molecule has 0 N–H and O–H groups in total. The number of anilines is 6. The van der Waals surface area contributed by atoms with Crippen molar-refractivity contribution in [3.8, 4) is 44.5 Å². The molecule has 0 spiro atoms. The van der Waals surface area contributed by atoms with Crippen molar-refractivity contribution in [3.05, 3.63) is 363 Å². The van der Waals surface area contributed by atoms with Crippen LogP contribution < -0.4 is 36.0 Å². The van der Waals surface area contributed by atoms with E-state index in [4.69, 9.17) is 0 Å². The summed E-state index contributed by atoms with van der Waals surface area (Å²) in [6.45, 7) is 7.01. The van der Waals surface area contributed by atoms with Crippen molar-refractivity contribution < 1.29 is 0 Å². The maximum absolute atomic E-state index is 2.90. The largest absolute Gasteiger partial charge is 0.371 e. The summed E-state index contributed by atoms with van der Waals surface area (Å²) in [5, 5.41) is 0. The van der Waals surface area contributed by atoms with E-state index in [-0.39, 0.29) is 6.71 Å². The van der Waals surface area contributed by atoms with E-state index in [0.29, 0.717) is 0 Å². The molecule has 21 rings (SSSR count). The molecule has 0 amide bonds. The van der Waals surface area contributed by atoms with Gasteiger partial charge in [-0.25, -0.2) is 0 Å². The van der Waals surface area contributed by atoms with Crippen LogP contribution in [0.15, 0.2) is 285 Å². The van der Waals surface area contributed by atoms with Crippen molar-refractivity contribution in [2.24, 2.45) is 0 Å². The monoisotopic (exact) mass is 1410 g/mol. The normalized spacial score (nSPS) is 15.9. The lowest BCUT2D eigenvalue weighted by molar-refractivity contribution is 0.628. The van der Waals surface area contributed by atoms with Gasteiger partial charge in [0.2, 0.25) is 0 Å². The van der Waals surface area contributed by atoms with Crippen molar-refractivity contribution in [3.63, 3.8) is 0 Å². The Hall–Kier alpha value is -10.9. The number of aryl methyl sites for hydroxylation is 4. The minimum absolute atomic E-state index is 0.213. The van der Waals surface area contributed by atoms with E-state index in [9.17, 15) is 0 Å². The van der Waals surface area contributed by atoms with E-state index >= 15 is 0 Å². The van der Waals surface area contributed by atoms with Gasteiger partial charge in [-0.1, -0.05) is 287 Å². The summed E-state index contributed by atoms with van der Waals surface area (Å²) in [5.74, 6) is 0. The molecule has 109 heavy (non-hydrogen) atoms. The summed E-state index contributed by atoms with van der Waals surface area (Å²) >= 11 is 0. The zero-order chi connectivity index (χ0) is 72.0. The van der Waals surface area contributed by atoms with Crippen LogP contribution in [0.25, 0.3) is 44.5 Å². The van der Waals surface area contributed by atoms with Gasteiger partial charge >= 0.3 is 0 Å². The van der Waals surface area contributed by atoms with Crippen LogP contribution in [-0.2, 0) is 49.4 Å². The molecule has 5 heteroatoms. The summed E-state index contributed by atoms with van der Waals surface area (Å²) in [5.41, 5.74) is 44.0. The zero-order valence-electron chi connectivity index (χ0n) is 63.0. The topological polar surface area (TPSA) is 13.0 Å². The van der Waals surface area contributed by atoms with Crippen LogP contribution in [-0.4, -0.2) is 46.0 Å². The van der Waals surface area contributed by atoms with E-state index in [0.717, 1.165) is 38.8 Å². The number of hydrogen-bond acceptors (Lipinski definition) is 4. The average molecular weight is 1410 g/mol. The summed E-state index contributed by atoms with van der Waals surface area (Å²) in [6, 6.07) is 110. The minimum Gasteiger partial charge on any atom is -0.371 e. The number of unbranched alkanes of at least 4 members (excludes halogenated alkanes) is 6. The van der Waals surface area contributed by atoms with Crippen molar-refractivity contribution in [2.45, 2.75) is 126 Å². The van der Waals surface area contributed by atoms with Gasteiger partial charge < -0.3 is 19.6 Å². The van der Waals surface area contributed by atoms with Crippen LogP contribution >= 0.6 is 0 Å². The molecular weight excluding hydrogens is 1320 g/mol. The Morgan fingerprint density at radius 1 is 0.284 bits per heavy atom. The number of fused-ring (bicyclic) bond motifs is 12. The van der Waals surface area contributed by atoms with Gasteiger partial charge in [0.25, 0.3) is 6.71 Å². The first-order valence-corrected chi connectivity index (χ1v) is 41.6. The molecule has 0 radical (unpaired) electrons. The Balaban J connectivity index is 0.563. The molecular formula is C104H95BN4. The average Bonchev–Trinajstić information content (AvgIpc) is 1.68. The summed E-state index contributed by atoms with van der Waals surface area (Å²) in [7, 11) is 0. The predicted octanol–water partition coefficient (Wildman–Crippen LogP) is 22.2. The van der Waals surface area contributed by atoms with Gasteiger partial charge in [0.05, 0.1) is 10.8 Å². The third kappa shape index (κ3) is 10.7. The second-order valence-corrected chi connectivity index (χ2v) is 32.7. The maximum Gasteiger partial charge on any atom is 0.252 e. The molecule has 0 atom stereocenters. The Kier molecular flexibility index (Phi) is 16.8. The molecule has 2 aliphatic carbocycles. The standard InChI is InChI=1S/C104H95BN4/c1(9-34-72-36-19-21-48-82(72)74-58-60-86-84-50-23-25-54-90(84)103(92(86)68-74,78-40-11-5-12-41-78)79-42-13-6-14-43-79)3-27-66-108-96-56-29-57-97-98(96)105(94-70-76-38-30-62-106-64-32-52-88(99(76)106)101(94)108)95-71-77-39-31-63-107-65-33-53-89(100(77)107)102(95)109(97)67-28-4-2-10-35-73-37-20-22-49-83(73)75-59-61-87-85-51-24-26-55-91(85)104(93(87)69-75,80-44-15-7-16-45-80)81-46-17-8-18-47-81/h5-8,11-26,29,36-37,40-51,54-61,68-71H,1-4,9-10,27-28,30-35,38-39,52-53,62-67H2. The van der Waals surface area contributed by atoms with Gasteiger partial charge in [-0.3, -0.25) is 0 Å². The third-order valence-corrected chi connectivity index (χ3v) is 26.9. The molecule has 0 saturated heterocycles. The van der Waals surface area contributed by atoms with Crippen LogP contribution in [0.3, 0.4) is 0 Å². The number of hydrogen-bond donors (Lipinski definition) is 0. The summed E-state index contributed by atoms with van der Waals surface area (Å²) < 4.78 is 0. The maximum atomic E-state index is 2.90. The van der Waals surface area contributed by atoms with E-state index in [1.807, 2.05) is 0 Å². The highest BCUT2D eigenvalue weighted by atomic mass is 15.2. The second kappa shape index (κ2) is 27.7. The molecule has 8 aliphatic rings. The Labute approximate surface area is 645 Å². The van der Waals surface area contributed by atoms with Crippen LogP contribution in [0.4, 0.5) is 34.1 Å². The number of benzene rings is 13. The fourth-order valence-corrected chi connectivity index (χ4v) is 22.4. The first-order chi connectivity index (χ1) is 54.1. The van der Waals surface area contributed by atoms with Crippen molar-refractivity contribution in [1.29, 1.82) is 0 Å². The van der Waals surface area contributed by atoms with Gasteiger partial charge in [0.15, 0.2) is 0 Å². The smallest absolute Gasteiger partial charge is 0.252 e. The Bertz CT molecular complexity index is 5220. The highest BCUT2D eigenvalue weighted by Gasteiger charge is 2.50. The van der Waals surface area contributed by atoms with Crippen LogP contribution in [0.2, 0.25) is 0 Å². The lowest BCUT2D eigenvalue weighted by atomic mass is 9.32.